The first kappa shape index (κ1) is 17.9. The van der Waals surface area contributed by atoms with Crippen LogP contribution in [0.5, 0.6) is 0 Å². The summed E-state index contributed by atoms with van der Waals surface area (Å²) >= 11 is 0. The van der Waals surface area contributed by atoms with Crippen LogP contribution in [-0.4, -0.2) is 11.4 Å². The van der Waals surface area contributed by atoms with Gasteiger partial charge in [-0.2, -0.15) is 0 Å². The van der Waals surface area contributed by atoms with Crippen LogP contribution in [0.2, 0.25) is 0 Å². The molecule has 0 spiro atoms. The van der Waals surface area contributed by atoms with E-state index >= 15 is 0 Å². The van der Waals surface area contributed by atoms with Gasteiger partial charge in [-0.3, -0.25) is 4.99 Å². The van der Waals surface area contributed by atoms with Crippen molar-refractivity contribution in [3.63, 3.8) is 0 Å². The van der Waals surface area contributed by atoms with Crippen molar-refractivity contribution in [3.8, 4) is 11.1 Å². The minimum Gasteiger partial charge on any atom is -0.361 e. The Balaban J connectivity index is 1.77. The molecule has 0 aliphatic rings. The zero-order valence-corrected chi connectivity index (χ0v) is 16.0. The molecule has 4 aromatic rings. The van der Waals surface area contributed by atoms with Crippen molar-refractivity contribution in [2.45, 2.75) is 19.9 Å². The highest BCUT2D eigenvalue weighted by Crippen LogP contribution is 2.30. The van der Waals surface area contributed by atoms with E-state index in [1.54, 1.807) is 0 Å². The van der Waals surface area contributed by atoms with Gasteiger partial charge < -0.3 is 4.52 Å². The van der Waals surface area contributed by atoms with Gasteiger partial charge in [0, 0.05) is 17.3 Å². The molecule has 0 saturated heterocycles. The zero-order valence-electron chi connectivity index (χ0n) is 16.0. The van der Waals surface area contributed by atoms with E-state index in [0.29, 0.717) is 0 Å². The molecule has 138 valence electrons. The first-order valence-electron chi connectivity index (χ1n) is 9.39. The summed E-state index contributed by atoms with van der Waals surface area (Å²) < 4.78 is 5.37. The Hall–Kier alpha value is -3.46. The van der Waals surface area contributed by atoms with E-state index in [1.165, 1.54) is 11.1 Å². The molecule has 28 heavy (non-hydrogen) atoms. The number of aromatic nitrogens is 1. The molecule has 0 fully saturated rings. The summed E-state index contributed by atoms with van der Waals surface area (Å²) in [6.07, 6.45) is 1.96. The molecule has 3 aromatic carbocycles. The second-order valence-corrected chi connectivity index (χ2v) is 6.79. The fourth-order valence-electron chi connectivity index (χ4n) is 3.49. The lowest BCUT2D eigenvalue weighted by Crippen LogP contribution is -1.99. The zero-order chi connectivity index (χ0) is 19.3. The molecule has 4 rings (SSSR count). The van der Waals surface area contributed by atoms with Crippen molar-refractivity contribution in [2.24, 2.45) is 4.99 Å². The predicted octanol–water partition coefficient (Wildman–Crippen LogP) is 6.17. The van der Waals surface area contributed by atoms with E-state index in [1.807, 2.05) is 44.3 Å². The number of aliphatic imine (C=N–C) groups is 1. The molecule has 0 bridgehead atoms. The van der Waals surface area contributed by atoms with Crippen molar-refractivity contribution in [1.82, 2.24) is 5.16 Å². The molecule has 0 radical (unpaired) electrons. The topological polar surface area (TPSA) is 38.4 Å². The Morgan fingerprint density at radius 1 is 0.786 bits per heavy atom. The van der Waals surface area contributed by atoms with Gasteiger partial charge in [-0.25, -0.2) is 0 Å². The van der Waals surface area contributed by atoms with Gasteiger partial charge in [-0.05, 0) is 30.5 Å². The summed E-state index contributed by atoms with van der Waals surface area (Å²) in [6, 6.07) is 28.9. The largest absolute Gasteiger partial charge is 0.361 e. The number of aryl methyl sites for hydroxylation is 2. The fraction of sp³-hybridized carbons (Fsp3) is 0.120. The Bertz CT molecular complexity index is 1020. The van der Waals surface area contributed by atoms with Gasteiger partial charge in [0.15, 0.2) is 0 Å². The third-order valence-electron chi connectivity index (χ3n) is 4.86. The fourth-order valence-corrected chi connectivity index (χ4v) is 3.49. The smallest absolute Gasteiger partial charge is 0.141 e. The van der Waals surface area contributed by atoms with Crippen molar-refractivity contribution < 1.29 is 4.52 Å². The quantitative estimate of drug-likeness (QED) is 0.396. The van der Waals surface area contributed by atoms with Gasteiger partial charge >= 0.3 is 0 Å². The molecule has 0 N–H and O–H groups in total. The lowest BCUT2D eigenvalue weighted by atomic mass is 9.97. The van der Waals surface area contributed by atoms with Crippen molar-refractivity contribution in [2.75, 3.05) is 0 Å². The van der Waals surface area contributed by atoms with E-state index in [4.69, 9.17) is 9.52 Å². The molecule has 1 aromatic heterocycles. The van der Waals surface area contributed by atoms with E-state index in [0.717, 1.165) is 28.1 Å². The third kappa shape index (κ3) is 3.65. The van der Waals surface area contributed by atoms with Crippen LogP contribution in [0, 0.1) is 13.8 Å². The Morgan fingerprint density at radius 2 is 1.36 bits per heavy atom. The molecule has 3 nitrogen and oxygen atoms in total. The monoisotopic (exact) mass is 366 g/mol. The van der Waals surface area contributed by atoms with Crippen LogP contribution in [0.4, 0.5) is 0 Å². The highest BCUT2D eigenvalue weighted by molar-refractivity contribution is 5.91. The van der Waals surface area contributed by atoms with Gasteiger partial charge in [0.05, 0.1) is 11.7 Å². The maximum Gasteiger partial charge on any atom is 0.141 e. The number of rotatable bonds is 5. The van der Waals surface area contributed by atoms with Crippen LogP contribution < -0.4 is 0 Å². The summed E-state index contributed by atoms with van der Waals surface area (Å²) in [5.41, 5.74) is 6.40. The molecule has 0 aliphatic carbocycles. The van der Waals surface area contributed by atoms with Gasteiger partial charge in [-0.1, -0.05) is 90.1 Å². The van der Waals surface area contributed by atoms with E-state index in [2.05, 4.69) is 65.8 Å². The molecule has 0 unspecified atom stereocenters. The van der Waals surface area contributed by atoms with Crippen LogP contribution in [0.25, 0.3) is 11.1 Å². The number of hydrogen-bond acceptors (Lipinski definition) is 3. The lowest BCUT2D eigenvalue weighted by molar-refractivity contribution is 0.393. The van der Waals surface area contributed by atoms with Gasteiger partial charge in [0.25, 0.3) is 0 Å². The highest BCUT2D eigenvalue weighted by atomic mass is 16.5. The van der Waals surface area contributed by atoms with Crippen LogP contribution in [0.1, 0.15) is 34.2 Å². The Labute approximate surface area is 165 Å². The summed E-state index contributed by atoms with van der Waals surface area (Å²) in [5, 5.41) is 4.10. The van der Waals surface area contributed by atoms with Crippen molar-refractivity contribution in [3.05, 3.63) is 113 Å². The molecule has 0 atom stereocenters. The molecule has 1 heterocycles. The predicted molar refractivity (Wildman–Crippen MR) is 114 cm³/mol. The van der Waals surface area contributed by atoms with Crippen LogP contribution in [-0.2, 0) is 0 Å². The van der Waals surface area contributed by atoms with Gasteiger partial charge in [0.2, 0.25) is 0 Å². The Morgan fingerprint density at radius 3 is 1.93 bits per heavy atom. The van der Waals surface area contributed by atoms with Crippen LogP contribution >= 0.6 is 0 Å². The van der Waals surface area contributed by atoms with Crippen molar-refractivity contribution in [1.29, 1.82) is 0 Å². The van der Waals surface area contributed by atoms with Crippen LogP contribution in [0.15, 0.2) is 94.4 Å². The molecular formula is C25H22N2O. The maximum atomic E-state index is 5.37. The first-order valence-corrected chi connectivity index (χ1v) is 9.39. The number of hydrogen-bond donors (Lipinski definition) is 0. The molecular weight excluding hydrogens is 344 g/mol. The maximum absolute atomic E-state index is 5.37. The lowest BCUT2D eigenvalue weighted by Gasteiger charge is -2.14. The highest BCUT2D eigenvalue weighted by Gasteiger charge is 2.15. The van der Waals surface area contributed by atoms with E-state index in [-0.39, 0.29) is 6.04 Å². The average molecular weight is 366 g/mol. The van der Waals surface area contributed by atoms with E-state index in [9.17, 15) is 0 Å². The third-order valence-corrected chi connectivity index (χ3v) is 4.86. The second-order valence-electron chi connectivity index (χ2n) is 6.79. The van der Waals surface area contributed by atoms with Crippen LogP contribution in [0.3, 0.4) is 0 Å². The average Bonchev–Trinajstić information content (AvgIpc) is 3.08. The normalized spacial score (nSPS) is 11.4. The minimum atomic E-state index is -0.0554. The Kier molecular flexibility index (Phi) is 5.16. The summed E-state index contributed by atoms with van der Waals surface area (Å²) in [5.74, 6) is 0.820. The van der Waals surface area contributed by atoms with E-state index < -0.39 is 0 Å². The number of benzene rings is 3. The standard InChI is InChI=1S/C25H22N2O/c1-18-24(19(2)28-27-18)23-16-10-9-15-22(23)17-26-25(20-11-5-3-6-12-20)21-13-7-4-8-14-21/h3-17,25H,1-2H3. The summed E-state index contributed by atoms with van der Waals surface area (Å²) in [4.78, 5) is 4.99. The molecule has 0 aliphatic heterocycles. The van der Waals surface area contributed by atoms with Gasteiger partial charge in [-0.15, -0.1) is 0 Å². The summed E-state index contributed by atoms with van der Waals surface area (Å²) in [6.45, 7) is 3.91. The second kappa shape index (κ2) is 8.05. The molecule has 0 amide bonds. The minimum absolute atomic E-state index is 0.0554. The van der Waals surface area contributed by atoms with Crippen molar-refractivity contribution >= 4 is 6.21 Å². The van der Waals surface area contributed by atoms with Gasteiger partial charge in [0.1, 0.15) is 5.76 Å². The summed E-state index contributed by atoms with van der Waals surface area (Å²) in [7, 11) is 0. The molecule has 0 saturated carbocycles. The number of nitrogens with zero attached hydrogens (tertiary/aromatic N) is 2. The first-order chi connectivity index (χ1) is 13.7. The molecule has 3 heteroatoms. The SMILES string of the molecule is Cc1noc(C)c1-c1ccccc1C=NC(c1ccccc1)c1ccccc1.